The topological polar surface area (TPSA) is 32.3 Å². The monoisotopic (exact) mass is 298 g/mol. The van der Waals surface area contributed by atoms with Crippen molar-refractivity contribution in [2.75, 3.05) is 11.9 Å². The van der Waals surface area contributed by atoms with E-state index in [9.17, 15) is 4.79 Å². The molecule has 1 amide bonds. The van der Waals surface area contributed by atoms with E-state index in [1.807, 2.05) is 17.4 Å². The molecule has 0 saturated heterocycles. The van der Waals surface area contributed by atoms with E-state index in [4.69, 9.17) is 0 Å². The minimum absolute atomic E-state index is 0.00910. The molecule has 21 heavy (non-hydrogen) atoms. The average Bonchev–Trinajstić information content (AvgIpc) is 2.93. The Hall–Kier alpha value is -1.65. The Kier molecular flexibility index (Phi) is 3.08. The van der Waals surface area contributed by atoms with Crippen LogP contribution in [0.5, 0.6) is 0 Å². The van der Waals surface area contributed by atoms with Gasteiger partial charge < -0.3 is 5.32 Å². The van der Waals surface area contributed by atoms with Crippen molar-refractivity contribution in [3.05, 3.63) is 51.2 Å². The number of fused-ring (bicyclic) bond motifs is 4. The van der Waals surface area contributed by atoms with E-state index in [0.717, 1.165) is 25.2 Å². The molecule has 1 unspecified atom stereocenters. The Bertz CT molecular complexity index is 707. The van der Waals surface area contributed by atoms with Gasteiger partial charge in [0.15, 0.2) is 0 Å². The van der Waals surface area contributed by atoms with E-state index < -0.39 is 0 Å². The van der Waals surface area contributed by atoms with Crippen molar-refractivity contribution in [2.45, 2.75) is 32.4 Å². The Labute approximate surface area is 128 Å². The first kappa shape index (κ1) is 13.0. The molecule has 0 bridgehead atoms. The molecule has 2 aliphatic rings. The number of thiophene rings is 1. The highest BCUT2D eigenvalue weighted by atomic mass is 32.1. The van der Waals surface area contributed by atoms with Crippen LogP contribution in [0, 0.1) is 0 Å². The molecule has 2 aliphatic heterocycles. The normalized spacial score (nSPS) is 20.3. The zero-order valence-corrected chi connectivity index (χ0v) is 12.9. The minimum Gasteiger partial charge on any atom is -0.326 e. The van der Waals surface area contributed by atoms with Crippen molar-refractivity contribution >= 4 is 22.9 Å². The first-order valence-corrected chi connectivity index (χ1v) is 8.28. The third-order valence-corrected chi connectivity index (χ3v) is 5.52. The predicted octanol–water partition coefficient (Wildman–Crippen LogP) is 3.36. The minimum atomic E-state index is -0.00910. The summed E-state index contributed by atoms with van der Waals surface area (Å²) in [4.78, 5) is 15.4. The highest BCUT2D eigenvalue weighted by molar-refractivity contribution is 7.10. The second-order valence-corrected chi connectivity index (χ2v) is 6.90. The summed E-state index contributed by atoms with van der Waals surface area (Å²) < 4.78 is 0. The van der Waals surface area contributed by atoms with Crippen molar-refractivity contribution in [3.63, 3.8) is 0 Å². The third-order valence-electron chi connectivity index (χ3n) is 4.52. The number of amides is 1. The van der Waals surface area contributed by atoms with Crippen LogP contribution in [-0.4, -0.2) is 17.4 Å². The summed E-state index contributed by atoms with van der Waals surface area (Å²) in [6.07, 6.45) is 2.23. The first-order chi connectivity index (χ1) is 10.2. The van der Waals surface area contributed by atoms with Crippen LogP contribution in [0.4, 0.5) is 5.69 Å². The average molecular weight is 298 g/mol. The van der Waals surface area contributed by atoms with Crippen LogP contribution in [-0.2, 0) is 24.2 Å². The molecule has 1 atom stereocenters. The number of rotatable bonds is 1. The zero-order valence-electron chi connectivity index (χ0n) is 12.1. The summed E-state index contributed by atoms with van der Waals surface area (Å²) in [7, 11) is 0. The number of hydrogen-bond donors (Lipinski definition) is 1. The molecule has 0 saturated carbocycles. The molecule has 2 aromatic rings. The molecule has 1 aromatic carbocycles. The van der Waals surface area contributed by atoms with Crippen molar-refractivity contribution in [3.8, 4) is 0 Å². The second-order valence-electron chi connectivity index (χ2n) is 5.90. The Morgan fingerprint density at radius 2 is 2.24 bits per heavy atom. The van der Waals surface area contributed by atoms with E-state index in [1.54, 1.807) is 11.8 Å². The summed E-state index contributed by atoms with van der Waals surface area (Å²) in [5, 5.41) is 5.11. The smallest absolute Gasteiger partial charge is 0.221 e. The highest BCUT2D eigenvalue weighted by Gasteiger charge is 2.32. The van der Waals surface area contributed by atoms with Crippen LogP contribution < -0.4 is 5.32 Å². The Morgan fingerprint density at radius 3 is 3.10 bits per heavy atom. The number of nitrogens with zero attached hydrogens (tertiary/aromatic N) is 1. The summed E-state index contributed by atoms with van der Waals surface area (Å²) in [5.74, 6) is -0.00910. The van der Waals surface area contributed by atoms with Gasteiger partial charge >= 0.3 is 0 Å². The number of anilines is 1. The van der Waals surface area contributed by atoms with Gasteiger partial charge in [-0.1, -0.05) is 6.07 Å². The summed E-state index contributed by atoms with van der Waals surface area (Å²) >= 11 is 1.89. The van der Waals surface area contributed by atoms with E-state index >= 15 is 0 Å². The molecule has 0 radical (unpaired) electrons. The number of carbonyl (C=O) groups excluding carboxylic acids is 1. The van der Waals surface area contributed by atoms with E-state index in [2.05, 4.69) is 33.8 Å². The van der Waals surface area contributed by atoms with Crippen LogP contribution in [0.3, 0.4) is 0 Å². The molecule has 0 spiro atoms. The molecular weight excluding hydrogens is 280 g/mol. The number of nitrogens with one attached hydrogen (secondary N) is 1. The van der Waals surface area contributed by atoms with Crippen LogP contribution in [0.1, 0.15) is 34.5 Å². The summed E-state index contributed by atoms with van der Waals surface area (Å²) in [6, 6.07) is 9.13. The molecule has 108 valence electrons. The van der Waals surface area contributed by atoms with Gasteiger partial charge in [-0.25, -0.2) is 0 Å². The lowest BCUT2D eigenvalue weighted by atomic mass is 9.87. The molecule has 0 fully saturated rings. The predicted molar refractivity (Wildman–Crippen MR) is 85.6 cm³/mol. The fourth-order valence-corrected chi connectivity index (χ4v) is 4.48. The van der Waals surface area contributed by atoms with Crippen molar-refractivity contribution in [2.24, 2.45) is 0 Å². The molecule has 0 aliphatic carbocycles. The van der Waals surface area contributed by atoms with Gasteiger partial charge in [0.1, 0.15) is 0 Å². The SMILES string of the molecule is CC(=O)Nc1ccc2c(c1)CC1c3ccsc3CCN1C2. The molecule has 3 nitrogen and oxygen atoms in total. The molecular formula is C17H18N2OS. The highest BCUT2D eigenvalue weighted by Crippen LogP contribution is 2.40. The van der Waals surface area contributed by atoms with Gasteiger partial charge in [0.25, 0.3) is 0 Å². The fourth-order valence-electron chi connectivity index (χ4n) is 3.55. The van der Waals surface area contributed by atoms with Gasteiger partial charge in [-0.05, 0) is 53.1 Å². The summed E-state index contributed by atoms with van der Waals surface area (Å²) in [6.45, 7) is 3.74. The summed E-state index contributed by atoms with van der Waals surface area (Å²) in [5.41, 5.74) is 5.21. The van der Waals surface area contributed by atoms with E-state index in [0.29, 0.717) is 6.04 Å². The van der Waals surface area contributed by atoms with Crippen molar-refractivity contribution in [1.29, 1.82) is 0 Å². The number of benzene rings is 1. The number of carbonyl (C=O) groups is 1. The Morgan fingerprint density at radius 1 is 1.33 bits per heavy atom. The first-order valence-electron chi connectivity index (χ1n) is 7.40. The van der Waals surface area contributed by atoms with Crippen molar-refractivity contribution < 1.29 is 4.79 Å². The maximum atomic E-state index is 11.2. The lowest BCUT2D eigenvalue weighted by molar-refractivity contribution is -0.114. The maximum Gasteiger partial charge on any atom is 0.221 e. The second kappa shape index (κ2) is 4.97. The largest absolute Gasteiger partial charge is 0.326 e. The van der Waals surface area contributed by atoms with Crippen molar-refractivity contribution in [1.82, 2.24) is 4.90 Å². The molecule has 4 heteroatoms. The van der Waals surface area contributed by atoms with Gasteiger partial charge in [-0.3, -0.25) is 9.69 Å². The lowest BCUT2D eigenvalue weighted by Gasteiger charge is -2.40. The quantitative estimate of drug-likeness (QED) is 0.875. The van der Waals surface area contributed by atoms with Crippen LogP contribution >= 0.6 is 11.3 Å². The van der Waals surface area contributed by atoms with Crippen LogP contribution in [0.15, 0.2) is 29.6 Å². The van der Waals surface area contributed by atoms with E-state index in [1.165, 1.54) is 23.1 Å². The third kappa shape index (κ3) is 2.28. The molecule has 4 rings (SSSR count). The standard InChI is InChI=1S/C17H18N2OS/c1-11(20)18-14-3-2-12-10-19-6-4-17-15(5-7-21-17)16(19)9-13(12)8-14/h2-3,5,7-8,16H,4,6,9-10H2,1H3,(H,18,20). The van der Waals surface area contributed by atoms with Gasteiger partial charge in [0.05, 0.1) is 0 Å². The molecule has 1 aromatic heterocycles. The van der Waals surface area contributed by atoms with Crippen LogP contribution in [0.25, 0.3) is 0 Å². The van der Waals surface area contributed by atoms with Gasteiger partial charge in [-0.15, -0.1) is 11.3 Å². The van der Waals surface area contributed by atoms with Gasteiger partial charge in [0.2, 0.25) is 5.91 Å². The van der Waals surface area contributed by atoms with Gasteiger partial charge in [0, 0.05) is 36.6 Å². The molecule has 3 heterocycles. The van der Waals surface area contributed by atoms with E-state index in [-0.39, 0.29) is 5.91 Å². The molecule has 1 N–H and O–H groups in total. The zero-order chi connectivity index (χ0) is 14.4. The maximum absolute atomic E-state index is 11.2. The Balaban J connectivity index is 1.68. The van der Waals surface area contributed by atoms with Crippen LogP contribution in [0.2, 0.25) is 0 Å². The lowest BCUT2D eigenvalue weighted by Crippen LogP contribution is -2.38. The van der Waals surface area contributed by atoms with Gasteiger partial charge in [-0.2, -0.15) is 0 Å². The fraction of sp³-hybridized carbons (Fsp3) is 0.353. The number of hydrogen-bond acceptors (Lipinski definition) is 3.